The minimum atomic E-state index is 1.06. The lowest BCUT2D eigenvalue weighted by Crippen LogP contribution is -2.03. The van der Waals surface area contributed by atoms with E-state index in [4.69, 9.17) is 0 Å². The molecule has 1 aliphatic rings. The van der Waals surface area contributed by atoms with Crippen LogP contribution >= 0.6 is 0 Å². The highest BCUT2D eigenvalue weighted by Crippen LogP contribution is 2.29. The summed E-state index contributed by atoms with van der Waals surface area (Å²) < 4.78 is 0. The Hall–Kier alpha value is -0.563. The van der Waals surface area contributed by atoms with Crippen molar-refractivity contribution < 1.29 is 0 Å². The van der Waals surface area contributed by atoms with Crippen LogP contribution in [0, 0.1) is 0 Å². The van der Waals surface area contributed by atoms with Gasteiger partial charge in [0.1, 0.15) is 0 Å². The van der Waals surface area contributed by atoms with Crippen molar-refractivity contribution in [3.05, 3.63) is 35.9 Å². The molecule has 2 radical (unpaired) electrons. The molecule has 1 aromatic carbocycles. The molecule has 0 bridgehead atoms. The van der Waals surface area contributed by atoms with Crippen LogP contribution < -0.4 is 0 Å². The first-order valence-electron chi connectivity index (χ1n) is 5.22. The van der Waals surface area contributed by atoms with E-state index in [9.17, 15) is 0 Å². The van der Waals surface area contributed by atoms with Crippen LogP contribution in [0.25, 0.3) is 0 Å². The van der Waals surface area contributed by atoms with E-state index in [1.165, 1.54) is 37.3 Å². The molecule has 1 aromatic rings. The Morgan fingerprint density at radius 1 is 1.08 bits per heavy atom. The molecule has 1 heteroatoms. The third-order valence-electron chi connectivity index (χ3n) is 2.79. The fourth-order valence-electron chi connectivity index (χ4n) is 1.99. The van der Waals surface area contributed by atoms with Gasteiger partial charge in [-0.3, -0.25) is 0 Å². The average Bonchev–Trinajstić information content (AvgIpc) is 2.69. The van der Waals surface area contributed by atoms with Crippen molar-refractivity contribution in [1.29, 1.82) is 0 Å². The molecule has 0 nitrogen and oxygen atoms in total. The largest absolute Gasteiger partial charge is 0.0622 e. The number of hydrogen-bond donors (Lipinski definition) is 0. The van der Waals surface area contributed by atoms with Crippen LogP contribution in [0.3, 0.4) is 0 Å². The van der Waals surface area contributed by atoms with Gasteiger partial charge in [0.05, 0.1) is 0 Å². The molecular formula is C12H16Si. The fraction of sp³-hybridized carbons (Fsp3) is 0.500. The minimum absolute atomic E-state index is 1.06. The summed E-state index contributed by atoms with van der Waals surface area (Å²) in [4.78, 5) is 0. The SMILES string of the molecule is c1ccc(C[Si]C2CCCC2)cc1. The summed E-state index contributed by atoms with van der Waals surface area (Å²) in [6.45, 7) is 0. The second-order valence-electron chi connectivity index (χ2n) is 3.85. The lowest BCUT2D eigenvalue weighted by molar-refractivity contribution is 0.862. The van der Waals surface area contributed by atoms with Crippen LogP contribution in [0.5, 0.6) is 0 Å². The number of hydrogen-bond acceptors (Lipinski definition) is 0. The standard InChI is InChI=1S/C12H16Si/c1-2-6-11(7-3-1)10-13-12-8-4-5-9-12/h1-3,6-7,12H,4-5,8-10H2. The zero-order valence-electron chi connectivity index (χ0n) is 8.00. The quantitative estimate of drug-likeness (QED) is 0.639. The molecule has 0 amide bonds. The fourth-order valence-corrected chi connectivity index (χ4v) is 3.56. The van der Waals surface area contributed by atoms with E-state index in [0.717, 1.165) is 15.1 Å². The molecule has 0 aliphatic heterocycles. The minimum Gasteiger partial charge on any atom is -0.0622 e. The summed E-state index contributed by atoms with van der Waals surface area (Å²) >= 11 is 0. The van der Waals surface area contributed by atoms with Crippen molar-refractivity contribution in [2.45, 2.75) is 37.3 Å². The predicted octanol–water partition coefficient (Wildman–Crippen LogP) is 3.25. The van der Waals surface area contributed by atoms with Gasteiger partial charge in [0.15, 0.2) is 0 Å². The van der Waals surface area contributed by atoms with Crippen LogP contribution in [0.4, 0.5) is 0 Å². The van der Waals surface area contributed by atoms with Crippen LogP contribution in [0.2, 0.25) is 5.54 Å². The van der Waals surface area contributed by atoms with Gasteiger partial charge in [-0.05, 0) is 11.6 Å². The van der Waals surface area contributed by atoms with Gasteiger partial charge in [-0.15, -0.1) is 0 Å². The van der Waals surface area contributed by atoms with Crippen LogP contribution in [-0.2, 0) is 6.04 Å². The number of rotatable bonds is 3. The average molecular weight is 188 g/mol. The van der Waals surface area contributed by atoms with Crippen molar-refractivity contribution in [1.82, 2.24) is 0 Å². The van der Waals surface area contributed by atoms with Crippen molar-refractivity contribution in [3.8, 4) is 0 Å². The Morgan fingerprint density at radius 2 is 1.77 bits per heavy atom. The Bertz CT molecular complexity index is 237. The number of benzene rings is 1. The first kappa shape index (κ1) is 9.01. The van der Waals surface area contributed by atoms with Gasteiger partial charge in [-0.2, -0.15) is 0 Å². The van der Waals surface area contributed by atoms with Gasteiger partial charge >= 0.3 is 0 Å². The van der Waals surface area contributed by atoms with E-state index in [0.29, 0.717) is 0 Å². The third-order valence-corrected chi connectivity index (χ3v) is 4.56. The summed E-state index contributed by atoms with van der Waals surface area (Å²) in [5.41, 5.74) is 2.58. The van der Waals surface area contributed by atoms with Gasteiger partial charge < -0.3 is 0 Å². The monoisotopic (exact) mass is 188 g/mol. The van der Waals surface area contributed by atoms with Crippen LogP contribution in [0.15, 0.2) is 30.3 Å². The topological polar surface area (TPSA) is 0 Å². The maximum Gasteiger partial charge on any atom is 0.0463 e. The summed E-state index contributed by atoms with van der Waals surface area (Å²) in [6.07, 6.45) is 5.94. The van der Waals surface area contributed by atoms with E-state index < -0.39 is 0 Å². The lowest BCUT2D eigenvalue weighted by atomic mass is 10.2. The first-order valence-corrected chi connectivity index (χ1v) is 6.51. The van der Waals surface area contributed by atoms with E-state index in [1.807, 2.05) is 0 Å². The highest BCUT2D eigenvalue weighted by Gasteiger charge is 2.14. The van der Waals surface area contributed by atoms with Crippen molar-refractivity contribution in [3.63, 3.8) is 0 Å². The van der Waals surface area contributed by atoms with Crippen molar-refractivity contribution in [2.24, 2.45) is 0 Å². The van der Waals surface area contributed by atoms with Gasteiger partial charge in [0.25, 0.3) is 0 Å². The van der Waals surface area contributed by atoms with E-state index in [2.05, 4.69) is 30.3 Å². The van der Waals surface area contributed by atoms with Crippen molar-refractivity contribution in [2.75, 3.05) is 0 Å². The molecule has 13 heavy (non-hydrogen) atoms. The molecular weight excluding hydrogens is 172 g/mol. The molecule has 0 saturated heterocycles. The highest BCUT2D eigenvalue weighted by molar-refractivity contribution is 6.37. The normalized spacial score (nSPS) is 17.8. The van der Waals surface area contributed by atoms with E-state index >= 15 is 0 Å². The van der Waals surface area contributed by atoms with E-state index in [1.54, 1.807) is 0 Å². The molecule has 0 heterocycles. The van der Waals surface area contributed by atoms with Crippen molar-refractivity contribution >= 4 is 9.52 Å². The van der Waals surface area contributed by atoms with Gasteiger partial charge in [-0.25, -0.2) is 0 Å². The van der Waals surface area contributed by atoms with E-state index in [-0.39, 0.29) is 0 Å². The second kappa shape index (κ2) is 4.61. The summed E-state index contributed by atoms with van der Waals surface area (Å²) in [7, 11) is 1.16. The summed E-state index contributed by atoms with van der Waals surface area (Å²) in [5.74, 6) is 0. The molecule has 68 valence electrons. The predicted molar refractivity (Wildman–Crippen MR) is 58.1 cm³/mol. The molecule has 0 unspecified atom stereocenters. The third kappa shape index (κ3) is 2.70. The molecule has 0 N–H and O–H groups in total. The zero-order valence-corrected chi connectivity index (χ0v) is 9.00. The molecule has 2 rings (SSSR count). The molecule has 1 saturated carbocycles. The highest BCUT2D eigenvalue weighted by atomic mass is 28.2. The van der Waals surface area contributed by atoms with Gasteiger partial charge in [0.2, 0.25) is 0 Å². The molecule has 0 spiro atoms. The maximum atomic E-state index is 2.25. The van der Waals surface area contributed by atoms with Gasteiger partial charge in [-0.1, -0.05) is 61.6 Å². The Morgan fingerprint density at radius 3 is 2.46 bits per heavy atom. The second-order valence-corrected chi connectivity index (χ2v) is 5.43. The first-order chi connectivity index (χ1) is 6.45. The molecule has 1 fully saturated rings. The summed E-state index contributed by atoms with van der Waals surface area (Å²) in [5, 5.41) is 0. The molecule has 0 atom stereocenters. The zero-order chi connectivity index (χ0) is 8.93. The Balaban J connectivity index is 1.79. The lowest BCUT2D eigenvalue weighted by Gasteiger charge is -2.06. The van der Waals surface area contributed by atoms with Crippen LogP contribution in [-0.4, -0.2) is 9.52 Å². The van der Waals surface area contributed by atoms with Gasteiger partial charge in [0, 0.05) is 9.52 Å². The molecule has 0 aromatic heterocycles. The Labute approximate surface area is 83.2 Å². The smallest absolute Gasteiger partial charge is 0.0463 e. The molecule has 1 aliphatic carbocycles. The maximum absolute atomic E-state index is 2.25. The summed E-state index contributed by atoms with van der Waals surface area (Å²) in [6, 6.07) is 12.2. The Kier molecular flexibility index (Phi) is 3.20. The van der Waals surface area contributed by atoms with Crippen LogP contribution in [0.1, 0.15) is 31.2 Å².